The molecule has 2 aromatic rings. The molecule has 10 heteroatoms. The molecule has 0 spiro atoms. The highest BCUT2D eigenvalue weighted by Gasteiger charge is 2.35. The van der Waals surface area contributed by atoms with Gasteiger partial charge in [-0.2, -0.15) is 15.1 Å². The summed E-state index contributed by atoms with van der Waals surface area (Å²) in [6.07, 6.45) is 8.06. The number of hydrazone groups is 1. The Morgan fingerprint density at radius 3 is 2.64 bits per heavy atom. The van der Waals surface area contributed by atoms with Gasteiger partial charge in [0.15, 0.2) is 5.84 Å². The first-order valence-electron chi connectivity index (χ1n) is 10.8. The second-order valence-electron chi connectivity index (χ2n) is 7.68. The zero-order chi connectivity index (χ0) is 23.4. The van der Waals surface area contributed by atoms with Crippen molar-refractivity contribution in [2.75, 3.05) is 0 Å². The van der Waals surface area contributed by atoms with E-state index in [4.69, 9.17) is 9.83 Å². The minimum atomic E-state index is -0.508. The lowest BCUT2D eigenvalue weighted by atomic mass is 10.1. The number of fused-ring (bicyclic) bond motifs is 1. The van der Waals surface area contributed by atoms with Crippen LogP contribution in [0.15, 0.2) is 56.5 Å². The number of nitro groups is 1. The molecule has 4 rings (SSSR count). The maximum absolute atomic E-state index is 12.6. The van der Waals surface area contributed by atoms with Crippen LogP contribution in [0.4, 0.5) is 5.69 Å². The number of non-ortho nitro benzene ring substituents is 1. The van der Waals surface area contributed by atoms with E-state index >= 15 is 0 Å². The van der Waals surface area contributed by atoms with Crippen LogP contribution in [0.2, 0.25) is 0 Å². The van der Waals surface area contributed by atoms with Crippen molar-refractivity contribution in [2.24, 2.45) is 10.1 Å². The van der Waals surface area contributed by atoms with Crippen molar-refractivity contribution < 1.29 is 14.1 Å². The molecule has 2 aliphatic rings. The molecule has 0 saturated heterocycles. The van der Waals surface area contributed by atoms with Crippen LogP contribution >= 0.6 is 11.8 Å². The number of carbonyl (C=O) groups excluding carboxylic acids is 1. The Hall–Kier alpha value is -3.53. The molecule has 1 aromatic heterocycles. The quantitative estimate of drug-likeness (QED) is 0.215. The lowest BCUT2D eigenvalue weighted by molar-refractivity contribution is -0.384. The predicted octanol–water partition coefficient (Wildman–Crippen LogP) is 5.83. The Labute approximate surface area is 194 Å². The molecule has 0 bridgehead atoms. The SMILES string of the molecule is CCCCCCCC1=NN2C(=N)/C(=C/c3ccc(-c4ccc([N+](=O)[O-])cc4)o3)C(=O)N=C2S1. The molecule has 0 radical (unpaired) electrons. The average molecular weight is 466 g/mol. The number of nitro benzene ring substituents is 1. The number of amidine groups is 2. The largest absolute Gasteiger partial charge is 0.457 e. The lowest BCUT2D eigenvalue weighted by Gasteiger charge is -2.19. The topological polar surface area (TPSA) is 125 Å². The highest BCUT2D eigenvalue weighted by molar-refractivity contribution is 8.26. The fraction of sp³-hybridized carbons (Fsp3) is 0.304. The van der Waals surface area contributed by atoms with E-state index in [-0.39, 0.29) is 17.1 Å². The molecule has 0 atom stereocenters. The fourth-order valence-electron chi connectivity index (χ4n) is 3.49. The van der Waals surface area contributed by atoms with Crippen molar-refractivity contribution in [3.63, 3.8) is 0 Å². The highest BCUT2D eigenvalue weighted by atomic mass is 32.2. The molecule has 1 amide bonds. The van der Waals surface area contributed by atoms with Gasteiger partial charge in [0.1, 0.15) is 16.6 Å². The number of rotatable bonds is 9. The highest BCUT2D eigenvalue weighted by Crippen LogP contribution is 2.31. The van der Waals surface area contributed by atoms with Crippen molar-refractivity contribution in [2.45, 2.75) is 45.4 Å². The first-order chi connectivity index (χ1) is 16.0. The van der Waals surface area contributed by atoms with Crippen LogP contribution in [-0.2, 0) is 4.79 Å². The van der Waals surface area contributed by atoms with E-state index in [0.717, 1.165) is 24.3 Å². The Bertz CT molecular complexity index is 1180. The molecular weight excluding hydrogens is 442 g/mol. The van der Waals surface area contributed by atoms with E-state index in [0.29, 0.717) is 22.3 Å². The van der Waals surface area contributed by atoms with Crippen LogP contribution in [0.5, 0.6) is 0 Å². The Kier molecular flexibility index (Phi) is 6.83. The molecule has 0 aliphatic carbocycles. The van der Waals surface area contributed by atoms with Crippen LogP contribution in [0.3, 0.4) is 0 Å². The number of nitrogens with one attached hydrogen (secondary N) is 1. The standard InChI is InChI=1S/C23H23N5O4S/c1-2-3-4-5-6-7-20-26-27-21(24)18(22(29)25-23(27)33-20)14-17-12-13-19(32-17)15-8-10-16(11-9-15)28(30)31/h8-14,24H,2-7H2,1H3/b18-14-,24-21?. The van der Waals surface area contributed by atoms with Crippen molar-refractivity contribution in [1.82, 2.24) is 5.01 Å². The van der Waals surface area contributed by atoms with Gasteiger partial charge in [0.2, 0.25) is 5.17 Å². The van der Waals surface area contributed by atoms with E-state index in [1.807, 2.05) is 0 Å². The fourth-order valence-corrected chi connectivity index (χ4v) is 4.41. The number of carbonyl (C=O) groups is 1. The van der Waals surface area contributed by atoms with Crippen molar-refractivity contribution in [3.8, 4) is 11.3 Å². The zero-order valence-corrected chi connectivity index (χ0v) is 18.9. The predicted molar refractivity (Wildman–Crippen MR) is 129 cm³/mol. The van der Waals surface area contributed by atoms with E-state index < -0.39 is 10.8 Å². The minimum absolute atomic E-state index is 0.00747. The Balaban J connectivity index is 1.47. The molecule has 33 heavy (non-hydrogen) atoms. The summed E-state index contributed by atoms with van der Waals surface area (Å²) in [5.74, 6) is 0.330. The van der Waals surface area contributed by atoms with Crippen molar-refractivity contribution >= 4 is 45.5 Å². The second-order valence-corrected chi connectivity index (χ2v) is 8.72. The van der Waals surface area contributed by atoms with E-state index in [1.165, 1.54) is 54.2 Å². The van der Waals surface area contributed by atoms with E-state index in [9.17, 15) is 14.9 Å². The van der Waals surface area contributed by atoms with Gasteiger partial charge >= 0.3 is 0 Å². The van der Waals surface area contributed by atoms with Gasteiger partial charge in [-0.1, -0.05) is 32.6 Å². The first kappa shape index (κ1) is 22.7. The normalized spacial score (nSPS) is 16.8. The van der Waals surface area contributed by atoms with Crippen LogP contribution in [0.25, 0.3) is 17.4 Å². The first-order valence-corrected chi connectivity index (χ1v) is 11.6. The average Bonchev–Trinajstić information content (AvgIpc) is 3.44. The van der Waals surface area contributed by atoms with Crippen molar-refractivity contribution in [1.29, 1.82) is 5.41 Å². The summed E-state index contributed by atoms with van der Waals surface area (Å²) < 4.78 is 5.78. The third kappa shape index (κ3) is 5.11. The molecule has 0 unspecified atom stereocenters. The summed E-state index contributed by atoms with van der Waals surface area (Å²) in [4.78, 5) is 27.0. The van der Waals surface area contributed by atoms with Crippen LogP contribution < -0.4 is 0 Å². The zero-order valence-electron chi connectivity index (χ0n) is 18.1. The van der Waals surface area contributed by atoms with Gasteiger partial charge in [0.05, 0.1) is 10.5 Å². The summed E-state index contributed by atoms with van der Waals surface area (Å²) in [5.41, 5.74) is 0.753. The minimum Gasteiger partial charge on any atom is -0.457 e. The van der Waals surface area contributed by atoms with Gasteiger partial charge in [0.25, 0.3) is 11.6 Å². The molecule has 1 aromatic carbocycles. The molecule has 170 valence electrons. The molecule has 9 nitrogen and oxygen atoms in total. The number of amides is 1. The van der Waals surface area contributed by atoms with Crippen LogP contribution in [-0.4, -0.2) is 31.9 Å². The summed E-state index contributed by atoms with van der Waals surface area (Å²) in [7, 11) is 0. The van der Waals surface area contributed by atoms with E-state index in [1.54, 1.807) is 24.3 Å². The maximum atomic E-state index is 12.6. The van der Waals surface area contributed by atoms with Gasteiger partial charge in [-0.05, 0) is 54.9 Å². The third-order valence-corrected chi connectivity index (χ3v) is 6.23. The summed E-state index contributed by atoms with van der Waals surface area (Å²) in [6, 6.07) is 9.37. The van der Waals surface area contributed by atoms with Gasteiger partial charge in [0, 0.05) is 17.7 Å². The molecule has 0 fully saturated rings. The Morgan fingerprint density at radius 2 is 1.91 bits per heavy atom. The maximum Gasteiger partial charge on any atom is 0.283 e. The number of nitrogens with zero attached hydrogens (tertiary/aromatic N) is 4. The summed E-state index contributed by atoms with van der Waals surface area (Å²) >= 11 is 1.34. The number of thioether (sulfide) groups is 1. The molecular formula is C23H23N5O4S. The molecule has 1 N–H and O–H groups in total. The molecule has 3 heterocycles. The number of unbranched alkanes of at least 4 members (excludes halogenated alkanes) is 4. The van der Waals surface area contributed by atoms with Crippen molar-refractivity contribution in [3.05, 3.63) is 57.8 Å². The number of aliphatic imine (C=N–C) groups is 1. The molecule has 0 saturated carbocycles. The second kappa shape index (κ2) is 9.95. The number of benzene rings is 1. The molecule has 2 aliphatic heterocycles. The Morgan fingerprint density at radius 1 is 1.15 bits per heavy atom. The number of hydrogen-bond acceptors (Lipinski definition) is 7. The smallest absolute Gasteiger partial charge is 0.283 e. The number of furan rings is 1. The lowest BCUT2D eigenvalue weighted by Crippen LogP contribution is -2.35. The van der Waals surface area contributed by atoms with Crippen LogP contribution in [0, 0.1) is 15.5 Å². The van der Waals surface area contributed by atoms with Crippen LogP contribution in [0.1, 0.15) is 51.2 Å². The van der Waals surface area contributed by atoms with Gasteiger partial charge in [-0.15, -0.1) is 0 Å². The van der Waals surface area contributed by atoms with E-state index in [2.05, 4.69) is 17.0 Å². The summed E-state index contributed by atoms with van der Waals surface area (Å²) in [5, 5.41) is 26.5. The summed E-state index contributed by atoms with van der Waals surface area (Å²) in [6.45, 7) is 2.18. The third-order valence-electron chi connectivity index (χ3n) is 5.27. The van der Waals surface area contributed by atoms with Gasteiger partial charge in [-0.3, -0.25) is 20.3 Å². The van der Waals surface area contributed by atoms with Gasteiger partial charge < -0.3 is 4.42 Å². The van der Waals surface area contributed by atoms with Gasteiger partial charge in [-0.25, -0.2) is 0 Å². The number of hydrogen-bond donors (Lipinski definition) is 1. The monoisotopic (exact) mass is 465 g/mol.